The van der Waals surface area contributed by atoms with Gasteiger partial charge in [0, 0.05) is 26.2 Å². The van der Waals surface area contributed by atoms with Crippen LogP contribution in [-0.2, 0) is 11.3 Å². The van der Waals surface area contributed by atoms with Crippen molar-refractivity contribution in [3.63, 3.8) is 0 Å². The topological polar surface area (TPSA) is 75.6 Å². The number of aromatic nitrogens is 1. The van der Waals surface area contributed by atoms with Gasteiger partial charge in [-0.15, -0.1) is 0 Å². The summed E-state index contributed by atoms with van der Waals surface area (Å²) < 4.78 is 5.62. The highest BCUT2D eigenvalue weighted by Crippen LogP contribution is 2.16. The number of carbonyl (C=O) groups excluding carboxylic acids is 1. The number of piperazine rings is 1. The van der Waals surface area contributed by atoms with Crippen molar-refractivity contribution in [2.75, 3.05) is 26.2 Å². The number of hydrogen-bond donors (Lipinski definition) is 1. The van der Waals surface area contributed by atoms with Crippen molar-refractivity contribution < 1.29 is 9.21 Å². The summed E-state index contributed by atoms with van der Waals surface area (Å²) in [7, 11) is 0. The van der Waals surface area contributed by atoms with Gasteiger partial charge >= 0.3 is 0 Å². The molecule has 1 aliphatic rings. The first-order valence-corrected chi connectivity index (χ1v) is 8.07. The molecule has 0 saturated carbocycles. The second-order valence-electron chi connectivity index (χ2n) is 6.49. The number of nitrogens with two attached hydrogens (primary N) is 1. The number of rotatable bonds is 5. The molecular formula is C16H28N4O2. The minimum absolute atomic E-state index is 0.0665. The average molecular weight is 308 g/mol. The zero-order valence-electron chi connectivity index (χ0n) is 14.2. The van der Waals surface area contributed by atoms with Gasteiger partial charge in [0.05, 0.1) is 17.8 Å². The van der Waals surface area contributed by atoms with Crippen LogP contribution in [0.2, 0.25) is 0 Å². The van der Waals surface area contributed by atoms with Crippen molar-refractivity contribution in [1.82, 2.24) is 14.8 Å². The molecule has 1 aromatic rings. The van der Waals surface area contributed by atoms with Crippen molar-refractivity contribution >= 4 is 5.91 Å². The Bertz CT molecular complexity index is 497. The van der Waals surface area contributed by atoms with Gasteiger partial charge in [-0.2, -0.15) is 0 Å². The lowest BCUT2D eigenvalue weighted by Gasteiger charge is -2.38. The van der Waals surface area contributed by atoms with E-state index in [1.165, 1.54) is 0 Å². The fourth-order valence-electron chi connectivity index (χ4n) is 2.89. The summed E-state index contributed by atoms with van der Waals surface area (Å²) in [4.78, 5) is 21.0. The Hall–Kier alpha value is -1.40. The number of nitrogens with zero attached hydrogens (tertiary/aromatic N) is 3. The molecule has 1 saturated heterocycles. The van der Waals surface area contributed by atoms with Crippen LogP contribution in [0.3, 0.4) is 0 Å². The first-order valence-electron chi connectivity index (χ1n) is 8.07. The van der Waals surface area contributed by atoms with Crippen molar-refractivity contribution in [3.05, 3.63) is 17.3 Å². The molecule has 6 heteroatoms. The minimum atomic E-state index is -0.742. The van der Waals surface area contributed by atoms with Gasteiger partial charge in [0.1, 0.15) is 5.76 Å². The van der Waals surface area contributed by atoms with Gasteiger partial charge in [-0.3, -0.25) is 9.69 Å². The van der Waals surface area contributed by atoms with E-state index in [1.807, 2.05) is 25.7 Å². The SMILES string of the molecule is CCCC(C)(N)C(=O)N1CCN(Cc2nc(C)c(C)o2)CC1. The van der Waals surface area contributed by atoms with Gasteiger partial charge in [0.25, 0.3) is 0 Å². The number of amides is 1. The molecule has 1 atom stereocenters. The number of aryl methyl sites for hydroxylation is 2. The summed E-state index contributed by atoms with van der Waals surface area (Å²) in [6, 6.07) is 0. The van der Waals surface area contributed by atoms with Crippen LogP contribution in [-0.4, -0.2) is 52.4 Å². The molecule has 2 heterocycles. The molecule has 0 aromatic carbocycles. The van der Waals surface area contributed by atoms with Gasteiger partial charge in [-0.25, -0.2) is 4.98 Å². The van der Waals surface area contributed by atoms with E-state index in [0.29, 0.717) is 19.6 Å². The molecule has 0 radical (unpaired) electrons. The first kappa shape index (κ1) is 17.0. The maximum atomic E-state index is 12.5. The second kappa shape index (κ2) is 6.79. The maximum Gasteiger partial charge on any atom is 0.242 e. The number of hydrogen-bond acceptors (Lipinski definition) is 5. The van der Waals surface area contributed by atoms with E-state index >= 15 is 0 Å². The van der Waals surface area contributed by atoms with E-state index in [9.17, 15) is 4.79 Å². The molecule has 6 nitrogen and oxygen atoms in total. The predicted molar refractivity (Wildman–Crippen MR) is 85.3 cm³/mol. The molecule has 2 rings (SSSR count). The Labute approximate surface area is 132 Å². The lowest BCUT2D eigenvalue weighted by molar-refractivity contribution is -0.138. The Kier molecular flexibility index (Phi) is 5.24. The highest BCUT2D eigenvalue weighted by molar-refractivity contribution is 5.85. The fourth-order valence-corrected chi connectivity index (χ4v) is 2.89. The number of carbonyl (C=O) groups is 1. The fraction of sp³-hybridized carbons (Fsp3) is 0.750. The Balaban J connectivity index is 1.86. The van der Waals surface area contributed by atoms with E-state index < -0.39 is 5.54 Å². The van der Waals surface area contributed by atoms with Gasteiger partial charge < -0.3 is 15.1 Å². The molecule has 0 aliphatic carbocycles. The van der Waals surface area contributed by atoms with Crippen molar-refractivity contribution in [2.45, 2.75) is 52.6 Å². The molecule has 1 aromatic heterocycles. The summed E-state index contributed by atoms with van der Waals surface area (Å²) >= 11 is 0. The van der Waals surface area contributed by atoms with Crippen LogP contribution in [0, 0.1) is 13.8 Å². The Morgan fingerprint density at radius 3 is 2.45 bits per heavy atom. The van der Waals surface area contributed by atoms with Gasteiger partial charge in [0.2, 0.25) is 11.8 Å². The molecule has 1 fully saturated rings. The van der Waals surface area contributed by atoms with E-state index in [4.69, 9.17) is 10.2 Å². The van der Waals surface area contributed by atoms with Gasteiger partial charge in [0.15, 0.2) is 0 Å². The first-order chi connectivity index (χ1) is 10.3. The smallest absolute Gasteiger partial charge is 0.242 e. The van der Waals surface area contributed by atoms with Crippen LogP contribution in [0.5, 0.6) is 0 Å². The molecular weight excluding hydrogens is 280 g/mol. The molecule has 2 N–H and O–H groups in total. The summed E-state index contributed by atoms with van der Waals surface area (Å²) in [6.45, 7) is 11.6. The zero-order chi connectivity index (χ0) is 16.3. The quantitative estimate of drug-likeness (QED) is 0.891. The van der Waals surface area contributed by atoms with Gasteiger partial charge in [-0.05, 0) is 27.2 Å². The van der Waals surface area contributed by atoms with E-state index in [-0.39, 0.29) is 5.91 Å². The molecule has 1 amide bonds. The minimum Gasteiger partial charge on any atom is -0.444 e. The van der Waals surface area contributed by atoms with E-state index in [0.717, 1.165) is 43.3 Å². The molecule has 0 bridgehead atoms. The lowest BCUT2D eigenvalue weighted by atomic mass is 9.95. The second-order valence-corrected chi connectivity index (χ2v) is 6.49. The third-order valence-electron chi connectivity index (χ3n) is 4.35. The van der Waals surface area contributed by atoms with Crippen LogP contribution in [0.15, 0.2) is 4.42 Å². The van der Waals surface area contributed by atoms with Gasteiger partial charge in [-0.1, -0.05) is 13.3 Å². The lowest BCUT2D eigenvalue weighted by Crippen LogP contribution is -2.58. The van der Waals surface area contributed by atoms with Crippen LogP contribution in [0.1, 0.15) is 44.0 Å². The molecule has 124 valence electrons. The highest BCUT2D eigenvalue weighted by atomic mass is 16.4. The third-order valence-corrected chi connectivity index (χ3v) is 4.35. The third kappa shape index (κ3) is 3.87. The van der Waals surface area contributed by atoms with Crippen LogP contribution < -0.4 is 5.73 Å². The van der Waals surface area contributed by atoms with Crippen molar-refractivity contribution in [2.24, 2.45) is 5.73 Å². The van der Waals surface area contributed by atoms with Crippen LogP contribution >= 0.6 is 0 Å². The molecule has 1 aliphatic heterocycles. The normalized spacial score (nSPS) is 19.2. The molecule has 22 heavy (non-hydrogen) atoms. The zero-order valence-corrected chi connectivity index (χ0v) is 14.2. The monoisotopic (exact) mass is 308 g/mol. The largest absolute Gasteiger partial charge is 0.444 e. The summed E-state index contributed by atoms with van der Waals surface area (Å²) in [5.41, 5.74) is 6.35. The standard InChI is InChI=1S/C16H28N4O2/c1-5-6-16(4,17)15(21)20-9-7-19(8-10-20)11-14-18-12(2)13(3)22-14/h5-11,17H2,1-4H3. The van der Waals surface area contributed by atoms with Crippen molar-refractivity contribution in [1.29, 1.82) is 0 Å². The molecule has 1 unspecified atom stereocenters. The van der Waals surface area contributed by atoms with Crippen molar-refractivity contribution in [3.8, 4) is 0 Å². The highest BCUT2D eigenvalue weighted by Gasteiger charge is 2.33. The van der Waals surface area contributed by atoms with Crippen LogP contribution in [0.25, 0.3) is 0 Å². The van der Waals surface area contributed by atoms with E-state index in [1.54, 1.807) is 0 Å². The summed E-state index contributed by atoms with van der Waals surface area (Å²) in [5.74, 6) is 1.70. The van der Waals surface area contributed by atoms with Crippen LogP contribution in [0.4, 0.5) is 0 Å². The average Bonchev–Trinajstić information content (AvgIpc) is 2.77. The Morgan fingerprint density at radius 2 is 1.95 bits per heavy atom. The summed E-state index contributed by atoms with van der Waals surface area (Å²) in [6.07, 6.45) is 1.64. The molecule has 0 spiro atoms. The predicted octanol–water partition coefficient (Wildman–Crippen LogP) is 1.45. The Morgan fingerprint density at radius 1 is 1.32 bits per heavy atom. The van der Waals surface area contributed by atoms with E-state index in [2.05, 4.69) is 16.8 Å². The maximum absolute atomic E-state index is 12.5. The summed E-state index contributed by atoms with van der Waals surface area (Å²) in [5, 5.41) is 0. The number of oxazole rings is 1.